The monoisotopic (exact) mass is 225 g/mol. The number of carboxylic acid groups (broad SMARTS) is 1. The van der Waals surface area contributed by atoms with Gasteiger partial charge < -0.3 is 10.4 Å². The van der Waals surface area contributed by atoms with Crippen molar-refractivity contribution < 1.29 is 14.7 Å². The van der Waals surface area contributed by atoms with Gasteiger partial charge in [0.25, 0.3) is 0 Å². The third kappa shape index (κ3) is 2.20. The average molecular weight is 225 g/mol. The molecule has 1 amide bonds. The van der Waals surface area contributed by atoms with Gasteiger partial charge in [0.05, 0.1) is 5.41 Å². The summed E-state index contributed by atoms with van der Waals surface area (Å²) in [5.74, 6) is -0.266. The van der Waals surface area contributed by atoms with Crippen LogP contribution in [0.3, 0.4) is 0 Å². The predicted octanol–water partition coefficient (Wildman–Crippen LogP) is 1.55. The first-order valence-corrected chi connectivity index (χ1v) is 6.12. The highest BCUT2D eigenvalue weighted by molar-refractivity contribution is 5.85. The van der Waals surface area contributed by atoms with Gasteiger partial charge in [0.15, 0.2) is 0 Å². The van der Waals surface area contributed by atoms with Crippen LogP contribution in [0.1, 0.15) is 44.9 Å². The van der Waals surface area contributed by atoms with Crippen molar-refractivity contribution in [1.82, 2.24) is 5.32 Å². The summed E-state index contributed by atoms with van der Waals surface area (Å²) in [7, 11) is 0. The van der Waals surface area contributed by atoms with E-state index in [9.17, 15) is 9.59 Å². The lowest BCUT2D eigenvalue weighted by molar-refractivity contribution is -0.157. The molecular formula is C12H19NO3. The Hall–Kier alpha value is -1.06. The molecule has 0 atom stereocenters. The molecule has 0 aliphatic heterocycles. The van der Waals surface area contributed by atoms with E-state index in [-0.39, 0.29) is 12.3 Å². The summed E-state index contributed by atoms with van der Waals surface area (Å²) in [6, 6.07) is 0. The van der Waals surface area contributed by atoms with E-state index in [2.05, 4.69) is 5.32 Å². The van der Waals surface area contributed by atoms with E-state index in [1.54, 1.807) is 0 Å². The van der Waals surface area contributed by atoms with Crippen LogP contribution in [0.4, 0.5) is 0 Å². The van der Waals surface area contributed by atoms with E-state index in [1.165, 1.54) is 19.3 Å². The zero-order chi connectivity index (χ0) is 11.6. The summed E-state index contributed by atoms with van der Waals surface area (Å²) in [5.41, 5.74) is -0.746. The predicted molar refractivity (Wildman–Crippen MR) is 58.9 cm³/mol. The van der Waals surface area contributed by atoms with Gasteiger partial charge in [-0.1, -0.05) is 12.8 Å². The van der Waals surface area contributed by atoms with Crippen molar-refractivity contribution in [2.45, 2.75) is 44.9 Å². The molecule has 0 unspecified atom stereocenters. The Morgan fingerprint density at radius 2 is 1.94 bits per heavy atom. The summed E-state index contributed by atoms with van der Waals surface area (Å²) in [4.78, 5) is 22.7. The Kier molecular flexibility index (Phi) is 3.17. The van der Waals surface area contributed by atoms with Gasteiger partial charge in [-0.2, -0.15) is 0 Å². The normalized spacial score (nSPS) is 23.0. The fourth-order valence-electron chi connectivity index (χ4n) is 2.39. The molecule has 0 aromatic heterocycles. The van der Waals surface area contributed by atoms with E-state index < -0.39 is 11.4 Å². The van der Waals surface area contributed by atoms with Crippen LogP contribution in [0.2, 0.25) is 0 Å². The minimum absolute atomic E-state index is 0.0889. The van der Waals surface area contributed by atoms with Gasteiger partial charge in [-0.15, -0.1) is 0 Å². The zero-order valence-corrected chi connectivity index (χ0v) is 9.50. The molecule has 0 bridgehead atoms. The van der Waals surface area contributed by atoms with Gasteiger partial charge in [0.1, 0.15) is 0 Å². The molecular weight excluding hydrogens is 206 g/mol. The highest BCUT2D eigenvalue weighted by atomic mass is 16.4. The van der Waals surface area contributed by atoms with Gasteiger partial charge in [-0.3, -0.25) is 9.59 Å². The molecule has 4 nitrogen and oxygen atoms in total. The Labute approximate surface area is 95.4 Å². The van der Waals surface area contributed by atoms with Crippen molar-refractivity contribution in [3.8, 4) is 0 Å². The van der Waals surface area contributed by atoms with Gasteiger partial charge in [-0.05, 0) is 31.6 Å². The molecule has 2 rings (SSSR count). The lowest BCUT2D eigenvalue weighted by Gasteiger charge is -2.37. The van der Waals surface area contributed by atoms with Crippen LogP contribution >= 0.6 is 0 Å². The van der Waals surface area contributed by atoms with Crippen LogP contribution in [-0.4, -0.2) is 23.5 Å². The van der Waals surface area contributed by atoms with Gasteiger partial charge in [0, 0.05) is 13.0 Å². The first kappa shape index (κ1) is 11.4. The topological polar surface area (TPSA) is 66.4 Å². The molecule has 0 radical (unpaired) electrons. The lowest BCUT2D eigenvalue weighted by Crippen LogP contribution is -2.43. The smallest absolute Gasteiger partial charge is 0.310 e. The number of hydrogen-bond donors (Lipinski definition) is 2. The van der Waals surface area contributed by atoms with Crippen molar-refractivity contribution in [2.24, 2.45) is 11.3 Å². The molecule has 2 aliphatic carbocycles. The first-order chi connectivity index (χ1) is 7.62. The number of rotatable bonds is 5. The average Bonchev–Trinajstić information content (AvgIpc) is 2.08. The molecule has 2 fully saturated rings. The summed E-state index contributed by atoms with van der Waals surface area (Å²) < 4.78 is 0. The number of aliphatic carboxylic acids is 1. The minimum Gasteiger partial charge on any atom is -0.481 e. The Balaban J connectivity index is 1.74. The second-order valence-corrected chi connectivity index (χ2v) is 5.22. The highest BCUT2D eigenvalue weighted by Gasteiger charge is 2.45. The molecule has 90 valence electrons. The molecule has 0 aromatic rings. The van der Waals surface area contributed by atoms with Crippen molar-refractivity contribution >= 4 is 11.9 Å². The number of carboxylic acids is 1. The summed E-state index contributed by atoms with van der Waals surface area (Å²) in [6.07, 6.45) is 6.06. The first-order valence-electron chi connectivity index (χ1n) is 6.12. The molecule has 0 spiro atoms. The molecule has 2 N–H and O–H groups in total. The van der Waals surface area contributed by atoms with Crippen LogP contribution in [-0.2, 0) is 9.59 Å². The molecule has 0 saturated heterocycles. The lowest BCUT2D eigenvalue weighted by atomic mass is 9.66. The maximum atomic E-state index is 11.6. The maximum absolute atomic E-state index is 11.6. The fourth-order valence-corrected chi connectivity index (χ4v) is 2.39. The molecule has 2 saturated carbocycles. The van der Waals surface area contributed by atoms with E-state index >= 15 is 0 Å². The van der Waals surface area contributed by atoms with E-state index in [0.29, 0.717) is 18.8 Å². The second kappa shape index (κ2) is 4.44. The highest BCUT2D eigenvalue weighted by Crippen LogP contribution is 2.44. The zero-order valence-electron chi connectivity index (χ0n) is 9.50. The van der Waals surface area contributed by atoms with Crippen LogP contribution in [0, 0.1) is 11.3 Å². The molecule has 4 heteroatoms. The van der Waals surface area contributed by atoms with E-state index in [1.807, 2.05) is 0 Å². The number of hydrogen-bond acceptors (Lipinski definition) is 2. The number of carbonyl (C=O) groups is 2. The number of nitrogens with one attached hydrogen (secondary N) is 1. The van der Waals surface area contributed by atoms with Crippen molar-refractivity contribution in [1.29, 1.82) is 0 Å². The van der Waals surface area contributed by atoms with Crippen LogP contribution in [0.5, 0.6) is 0 Å². The molecule has 0 aromatic carbocycles. The maximum Gasteiger partial charge on any atom is 0.310 e. The van der Waals surface area contributed by atoms with Crippen molar-refractivity contribution in [3.05, 3.63) is 0 Å². The largest absolute Gasteiger partial charge is 0.481 e. The molecule has 16 heavy (non-hydrogen) atoms. The summed E-state index contributed by atoms with van der Waals surface area (Å²) in [5, 5.41) is 11.9. The Morgan fingerprint density at radius 3 is 2.31 bits per heavy atom. The van der Waals surface area contributed by atoms with Crippen LogP contribution < -0.4 is 5.32 Å². The second-order valence-electron chi connectivity index (χ2n) is 5.22. The third-order valence-electron chi connectivity index (χ3n) is 4.08. The van der Waals surface area contributed by atoms with Crippen molar-refractivity contribution in [3.63, 3.8) is 0 Å². The minimum atomic E-state index is -0.808. The van der Waals surface area contributed by atoms with Crippen LogP contribution in [0.15, 0.2) is 0 Å². The summed E-state index contributed by atoms with van der Waals surface area (Å²) in [6.45, 7) is 0.731. The Morgan fingerprint density at radius 1 is 1.25 bits per heavy atom. The third-order valence-corrected chi connectivity index (χ3v) is 4.08. The molecule has 2 aliphatic rings. The van der Waals surface area contributed by atoms with Crippen LogP contribution in [0.25, 0.3) is 0 Å². The standard InChI is InChI=1S/C12H19NO3/c14-10(13-8-9-3-1-4-9)7-12(11(15)16)5-2-6-12/h9H,1-8H2,(H,13,14)(H,15,16). The SMILES string of the molecule is O=C(CC1(C(=O)O)CCC1)NCC1CCC1. The quantitative estimate of drug-likeness (QED) is 0.746. The van der Waals surface area contributed by atoms with Gasteiger partial charge in [-0.25, -0.2) is 0 Å². The van der Waals surface area contributed by atoms with Gasteiger partial charge in [0.2, 0.25) is 5.91 Å². The number of carbonyl (C=O) groups excluding carboxylic acids is 1. The van der Waals surface area contributed by atoms with Gasteiger partial charge >= 0.3 is 5.97 Å². The molecule has 0 heterocycles. The van der Waals surface area contributed by atoms with E-state index in [4.69, 9.17) is 5.11 Å². The van der Waals surface area contributed by atoms with E-state index in [0.717, 1.165) is 13.0 Å². The summed E-state index contributed by atoms with van der Waals surface area (Å²) >= 11 is 0. The fraction of sp³-hybridized carbons (Fsp3) is 0.833. The number of amides is 1. The van der Waals surface area contributed by atoms with Crippen molar-refractivity contribution in [2.75, 3.05) is 6.54 Å². The Bertz CT molecular complexity index is 293.